The van der Waals surface area contributed by atoms with Crippen LogP contribution in [0.15, 0.2) is 45.3 Å². The molecule has 2 aromatic carbocycles. The summed E-state index contributed by atoms with van der Waals surface area (Å²) in [5.41, 5.74) is 2.04. The minimum atomic E-state index is -0.364. The van der Waals surface area contributed by atoms with Crippen molar-refractivity contribution in [3.05, 3.63) is 46.4 Å². The van der Waals surface area contributed by atoms with E-state index in [0.29, 0.717) is 32.6 Å². The highest BCUT2D eigenvalue weighted by molar-refractivity contribution is 9.10. The Bertz CT molecular complexity index is 968. The molecule has 0 radical (unpaired) electrons. The van der Waals surface area contributed by atoms with Gasteiger partial charge in [-0.25, -0.2) is 0 Å². The molecule has 0 unspecified atom stereocenters. The standard InChI is InChI=1S/C17H14BrN3O4/c1-9(22)19-11-4-5-13-15(8-11)25-17(20-13)21-16(23)10-3-6-14(24-2)12(18)7-10/h3-8H,1-2H3,(H,19,22)(H,20,21,23). The fourth-order valence-electron chi connectivity index (χ4n) is 2.24. The second-order valence-corrected chi connectivity index (χ2v) is 6.04. The number of benzene rings is 2. The number of methoxy groups -OCH3 is 1. The number of carbonyl (C=O) groups is 2. The number of hydrogen-bond acceptors (Lipinski definition) is 5. The molecule has 0 aliphatic heterocycles. The molecule has 0 aliphatic rings. The molecule has 0 aliphatic carbocycles. The van der Waals surface area contributed by atoms with Gasteiger partial charge in [0.05, 0.1) is 11.6 Å². The summed E-state index contributed by atoms with van der Waals surface area (Å²) in [4.78, 5) is 27.6. The SMILES string of the molecule is COc1ccc(C(=O)Nc2nc3ccc(NC(C)=O)cc3o2)cc1Br. The van der Waals surface area contributed by atoms with E-state index in [0.717, 1.165) is 0 Å². The Morgan fingerprint density at radius 1 is 1.16 bits per heavy atom. The lowest BCUT2D eigenvalue weighted by molar-refractivity contribution is -0.114. The molecule has 0 fully saturated rings. The highest BCUT2D eigenvalue weighted by Crippen LogP contribution is 2.26. The van der Waals surface area contributed by atoms with Gasteiger partial charge in [-0.2, -0.15) is 4.98 Å². The third kappa shape index (κ3) is 3.80. The lowest BCUT2D eigenvalue weighted by Gasteiger charge is -2.05. The molecular weight excluding hydrogens is 390 g/mol. The van der Waals surface area contributed by atoms with E-state index in [9.17, 15) is 9.59 Å². The smallest absolute Gasteiger partial charge is 0.302 e. The van der Waals surface area contributed by atoms with Gasteiger partial charge in [0.15, 0.2) is 5.58 Å². The van der Waals surface area contributed by atoms with E-state index in [2.05, 4.69) is 31.5 Å². The zero-order valence-corrected chi connectivity index (χ0v) is 15.0. The van der Waals surface area contributed by atoms with Gasteiger partial charge in [0, 0.05) is 24.2 Å². The fourth-order valence-corrected chi connectivity index (χ4v) is 2.78. The molecule has 3 aromatic rings. The van der Waals surface area contributed by atoms with Crippen LogP contribution < -0.4 is 15.4 Å². The van der Waals surface area contributed by atoms with Gasteiger partial charge in [-0.1, -0.05) is 0 Å². The number of fused-ring (bicyclic) bond motifs is 1. The first-order chi connectivity index (χ1) is 12.0. The number of ether oxygens (including phenoxy) is 1. The van der Waals surface area contributed by atoms with Crippen molar-refractivity contribution in [2.75, 3.05) is 17.7 Å². The highest BCUT2D eigenvalue weighted by atomic mass is 79.9. The first-order valence-corrected chi connectivity index (χ1v) is 8.08. The summed E-state index contributed by atoms with van der Waals surface area (Å²) < 4.78 is 11.3. The van der Waals surface area contributed by atoms with Crippen LogP contribution in [0.25, 0.3) is 11.1 Å². The Morgan fingerprint density at radius 2 is 1.96 bits per heavy atom. The maximum absolute atomic E-state index is 12.3. The molecule has 1 aromatic heterocycles. The van der Waals surface area contributed by atoms with Crippen LogP contribution in [0.2, 0.25) is 0 Å². The summed E-state index contributed by atoms with van der Waals surface area (Å²) in [6.45, 7) is 1.42. The van der Waals surface area contributed by atoms with Gasteiger partial charge in [0.25, 0.3) is 5.91 Å². The number of amides is 2. The van der Waals surface area contributed by atoms with E-state index in [1.165, 1.54) is 6.92 Å². The Balaban J connectivity index is 1.81. The number of nitrogens with zero attached hydrogens (tertiary/aromatic N) is 1. The quantitative estimate of drug-likeness (QED) is 0.690. The molecule has 2 amide bonds. The van der Waals surface area contributed by atoms with Crippen molar-refractivity contribution < 1.29 is 18.7 Å². The highest BCUT2D eigenvalue weighted by Gasteiger charge is 2.13. The molecule has 2 N–H and O–H groups in total. The summed E-state index contributed by atoms with van der Waals surface area (Å²) in [5.74, 6) is 0.0818. The summed E-state index contributed by atoms with van der Waals surface area (Å²) in [7, 11) is 1.55. The van der Waals surface area contributed by atoms with Crippen molar-refractivity contribution in [1.29, 1.82) is 0 Å². The van der Waals surface area contributed by atoms with Gasteiger partial charge >= 0.3 is 6.01 Å². The maximum Gasteiger partial charge on any atom is 0.302 e. The summed E-state index contributed by atoms with van der Waals surface area (Å²) in [6.07, 6.45) is 0. The van der Waals surface area contributed by atoms with E-state index in [1.54, 1.807) is 43.5 Å². The van der Waals surface area contributed by atoms with Crippen LogP contribution in [0, 0.1) is 0 Å². The molecule has 25 heavy (non-hydrogen) atoms. The van der Waals surface area contributed by atoms with E-state index in [-0.39, 0.29) is 17.8 Å². The number of halogens is 1. The zero-order chi connectivity index (χ0) is 18.0. The van der Waals surface area contributed by atoms with Crippen molar-refractivity contribution in [2.45, 2.75) is 6.92 Å². The normalized spacial score (nSPS) is 10.5. The molecule has 0 atom stereocenters. The third-order valence-electron chi connectivity index (χ3n) is 3.34. The molecule has 8 heteroatoms. The molecule has 0 saturated heterocycles. The predicted octanol–water partition coefficient (Wildman–Crippen LogP) is 3.81. The average molecular weight is 404 g/mol. The minimum absolute atomic E-state index is 0.0758. The monoisotopic (exact) mass is 403 g/mol. The number of aromatic nitrogens is 1. The van der Waals surface area contributed by atoms with Gasteiger partial charge in [-0.15, -0.1) is 0 Å². The minimum Gasteiger partial charge on any atom is -0.496 e. The largest absolute Gasteiger partial charge is 0.496 e. The lowest BCUT2D eigenvalue weighted by Crippen LogP contribution is -2.12. The van der Waals surface area contributed by atoms with E-state index < -0.39 is 0 Å². The number of carbonyl (C=O) groups excluding carboxylic acids is 2. The van der Waals surface area contributed by atoms with Crippen molar-refractivity contribution in [2.24, 2.45) is 0 Å². The fraction of sp³-hybridized carbons (Fsp3) is 0.118. The second kappa shape index (κ2) is 6.94. The number of oxazole rings is 1. The Morgan fingerprint density at radius 3 is 2.64 bits per heavy atom. The first kappa shape index (κ1) is 17.0. The molecule has 0 bridgehead atoms. The topological polar surface area (TPSA) is 93.5 Å². The van der Waals surface area contributed by atoms with Gasteiger partial charge in [-0.3, -0.25) is 14.9 Å². The predicted molar refractivity (Wildman–Crippen MR) is 97.0 cm³/mol. The van der Waals surface area contributed by atoms with Crippen LogP contribution in [0.3, 0.4) is 0 Å². The average Bonchev–Trinajstić information content (AvgIpc) is 2.95. The summed E-state index contributed by atoms with van der Waals surface area (Å²) >= 11 is 3.34. The number of nitrogens with one attached hydrogen (secondary N) is 2. The lowest BCUT2D eigenvalue weighted by atomic mass is 10.2. The molecular formula is C17H14BrN3O4. The van der Waals surface area contributed by atoms with Crippen LogP contribution in [0.1, 0.15) is 17.3 Å². The van der Waals surface area contributed by atoms with E-state index in [1.807, 2.05) is 0 Å². The molecule has 1 heterocycles. The van der Waals surface area contributed by atoms with Gasteiger partial charge in [0.1, 0.15) is 11.3 Å². The maximum atomic E-state index is 12.3. The zero-order valence-electron chi connectivity index (χ0n) is 13.4. The number of anilines is 2. The van der Waals surface area contributed by atoms with E-state index in [4.69, 9.17) is 9.15 Å². The molecule has 0 saturated carbocycles. The molecule has 7 nitrogen and oxygen atoms in total. The van der Waals surface area contributed by atoms with Crippen molar-refractivity contribution in [3.8, 4) is 5.75 Å². The Kier molecular flexibility index (Phi) is 4.71. The number of hydrogen-bond donors (Lipinski definition) is 2. The van der Waals surface area contributed by atoms with Gasteiger partial charge in [-0.05, 0) is 46.3 Å². The first-order valence-electron chi connectivity index (χ1n) is 7.29. The van der Waals surface area contributed by atoms with E-state index >= 15 is 0 Å². The summed E-state index contributed by atoms with van der Waals surface area (Å²) in [6, 6.07) is 10.1. The third-order valence-corrected chi connectivity index (χ3v) is 3.96. The van der Waals surface area contributed by atoms with Crippen molar-refractivity contribution in [3.63, 3.8) is 0 Å². The van der Waals surface area contributed by atoms with Crippen LogP contribution in [-0.2, 0) is 4.79 Å². The van der Waals surface area contributed by atoms with Crippen LogP contribution in [0.5, 0.6) is 5.75 Å². The van der Waals surface area contributed by atoms with Crippen LogP contribution in [0.4, 0.5) is 11.7 Å². The van der Waals surface area contributed by atoms with Crippen LogP contribution in [-0.4, -0.2) is 23.9 Å². The van der Waals surface area contributed by atoms with Crippen molar-refractivity contribution >= 4 is 50.5 Å². The van der Waals surface area contributed by atoms with Gasteiger partial charge in [0.2, 0.25) is 5.91 Å². The van der Waals surface area contributed by atoms with Crippen molar-refractivity contribution in [1.82, 2.24) is 4.98 Å². The molecule has 0 spiro atoms. The second-order valence-electron chi connectivity index (χ2n) is 5.19. The molecule has 128 valence electrons. The van der Waals surface area contributed by atoms with Crippen LogP contribution >= 0.6 is 15.9 Å². The Hall–Kier alpha value is -2.87. The summed E-state index contributed by atoms with van der Waals surface area (Å²) in [5, 5.41) is 5.27. The molecule has 3 rings (SSSR count). The Labute approximate surface area is 151 Å². The number of rotatable bonds is 4. The van der Waals surface area contributed by atoms with Gasteiger partial charge < -0.3 is 14.5 Å².